The van der Waals surface area contributed by atoms with Gasteiger partial charge in [0.1, 0.15) is 0 Å². The number of halogens is 1. The fourth-order valence-corrected chi connectivity index (χ4v) is 2.84. The molecule has 18 heavy (non-hydrogen) atoms. The van der Waals surface area contributed by atoms with Crippen LogP contribution in [0.1, 0.15) is 35.4 Å². The molecule has 0 aliphatic heterocycles. The van der Waals surface area contributed by atoms with E-state index in [0.29, 0.717) is 0 Å². The quantitative estimate of drug-likeness (QED) is 0.736. The Morgan fingerprint density at radius 3 is 2.28 bits per heavy atom. The Bertz CT molecular complexity index is 524. The van der Waals surface area contributed by atoms with Crippen LogP contribution in [0.15, 0.2) is 53.0 Å². The summed E-state index contributed by atoms with van der Waals surface area (Å²) in [6.45, 7) is 0. The normalized spacial score (nSPS) is 14.7. The highest BCUT2D eigenvalue weighted by molar-refractivity contribution is 9.10. The highest BCUT2D eigenvalue weighted by Gasteiger charge is 2.22. The minimum Gasteiger partial charge on any atom is -0.0619 e. The molecule has 0 aromatic heterocycles. The Labute approximate surface area is 117 Å². The van der Waals surface area contributed by atoms with Gasteiger partial charge >= 0.3 is 0 Å². The lowest BCUT2D eigenvalue weighted by atomic mass is 10.0. The molecule has 0 amide bonds. The summed E-state index contributed by atoms with van der Waals surface area (Å²) in [4.78, 5) is 0. The van der Waals surface area contributed by atoms with Gasteiger partial charge in [0, 0.05) is 4.47 Å². The van der Waals surface area contributed by atoms with Crippen molar-refractivity contribution in [2.24, 2.45) is 0 Å². The Balaban J connectivity index is 1.64. The van der Waals surface area contributed by atoms with Crippen LogP contribution in [0.4, 0.5) is 0 Å². The molecule has 0 heterocycles. The Morgan fingerprint density at radius 1 is 0.889 bits per heavy atom. The number of hydrogen-bond donors (Lipinski definition) is 0. The minimum atomic E-state index is 0.863. The molecule has 0 spiro atoms. The molecule has 1 saturated carbocycles. The maximum atomic E-state index is 3.61. The zero-order valence-electron chi connectivity index (χ0n) is 10.4. The lowest BCUT2D eigenvalue weighted by molar-refractivity contribution is 0.951. The molecule has 3 rings (SSSR count). The third-order valence-electron chi connectivity index (χ3n) is 3.67. The summed E-state index contributed by atoms with van der Waals surface area (Å²) in [6.07, 6.45) is 4.99. The maximum absolute atomic E-state index is 3.61. The molecule has 0 saturated heterocycles. The van der Waals surface area contributed by atoms with E-state index in [1.165, 1.54) is 34.0 Å². The van der Waals surface area contributed by atoms with Crippen LogP contribution in [0.2, 0.25) is 0 Å². The summed E-state index contributed by atoms with van der Waals surface area (Å²) in [5, 5.41) is 0. The second-order valence-corrected chi connectivity index (χ2v) is 5.96. The van der Waals surface area contributed by atoms with Gasteiger partial charge in [-0.1, -0.05) is 58.4 Å². The lowest BCUT2D eigenvalue weighted by Crippen LogP contribution is -1.92. The molecule has 0 N–H and O–H groups in total. The maximum Gasteiger partial charge on any atom is 0.0207 e. The van der Waals surface area contributed by atoms with Crippen molar-refractivity contribution in [1.29, 1.82) is 0 Å². The fourth-order valence-electron chi connectivity index (χ4n) is 2.35. The first-order chi connectivity index (χ1) is 8.83. The molecule has 1 aliphatic carbocycles. The van der Waals surface area contributed by atoms with Gasteiger partial charge in [-0.25, -0.2) is 0 Å². The summed E-state index contributed by atoms with van der Waals surface area (Å²) in [6, 6.07) is 17.7. The van der Waals surface area contributed by atoms with Crippen molar-refractivity contribution >= 4 is 15.9 Å². The van der Waals surface area contributed by atoms with Crippen LogP contribution in [0.5, 0.6) is 0 Å². The number of hydrogen-bond acceptors (Lipinski definition) is 0. The van der Waals surface area contributed by atoms with Crippen LogP contribution < -0.4 is 0 Å². The molecule has 1 heteroatoms. The van der Waals surface area contributed by atoms with E-state index in [1.807, 2.05) is 0 Å². The second-order valence-electron chi connectivity index (χ2n) is 5.11. The first-order valence-electron chi connectivity index (χ1n) is 6.65. The summed E-state index contributed by atoms with van der Waals surface area (Å²) >= 11 is 3.61. The number of benzene rings is 2. The SMILES string of the molecule is Brc1ccccc1CCc1ccc(C2CC2)cc1. The highest BCUT2D eigenvalue weighted by atomic mass is 79.9. The molecule has 1 fully saturated rings. The molecular weight excluding hydrogens is 284 g/mol. The van der Waals surface area contributed by atoms with Gasteiger partial charge in [-0.2, -0.15) is 0 Å². The molecule has 0 atom stereocenters. The summed E-state index contributed by atoms with van der Waals surface area (Å²) < 4.78 is 1.22. The van der Waals surface area contributed by atoms with Crippen molar-refractivity contribution in [3.63, 3.8) is 0 Å². The molecular formula is C17H17Br. The monoisotopic (exact) mass is 300 g/mol. The first kappa shape index (κ1) is 12.0. The van der Waals surface area contributed by atoms with Crippen LogP contribution in [-0.2, 0) is 12.8 Å². The fraction of sp³-hybridized carbons (Fsp3) is 0.294. The molecule has 1 aliphatic rings. The van der Waals surface area contributed by atoms with Crippen molar-refractivity contribution < 1.29 is 0 Å². The van der Waals surface area contributed by atoms with Crippen molar-refractivity contribution in [2.75, 3.05) is 0 Å². The molecule has 2 aromatic carbocycles. The van der Waals surface area contributed by atoms with Gasteiger partial charge < -0.3 is 0 Å². The zero-order valence-corrected chi connectivity index (χ0v) is 12.0. The molecule has 0 radical (unpaired) electrons. The van der Waals surface area contributed by atoms with E-state index in [1.54, 1.807) is 0 Å². The third kappa shape index (κ3) is 2.84. The first-order valence-corrected chi connectivity index (χ1v) is 7.44. The predicted octanol–water partition coefficient (Wildman–Crippen LogP) is 5.11. The Hall–Kier alpha value is -1.08. The Morgan fingerprint density at radius 2 is 1.61 bits per heavy atom. The molecule has 0 nitrogen and oxygen atoms in total. The Kier molecular flexibility index (Phi) is 3.51. The average Bonchev–Trinajstić information content (AvgIpc) is 3.23. The largest absolute Gasteiger partial charge is 0.0619 e. The smallest absolute Gasteiger partial charge is 0.0207 e. The summed E-state index contributed by atoms with van der Waals surface area (Å²) in [7, 11) is 0. The lowest BCUT2D eigenvalue weighted by Gasteiger charge is -2.05. The second kappa shape index (κ2) is 5.27. The van der Waals surface area contributed by atoms with E-state index in [2.05, 4.69) is 64.5 Å². The third-order valence-corrected chi connectivity index (χ3v) is 4.44. The van der Waals surface area contributed by atoms with Crippen LogP contribution in [0.3, 0.4) is 0 Å². The van der Waals surface area contributed by atoms with Crippen LogP contribution in [0.25, 0.3) is 0 Å². The summed E-state index contributed by atoms with van der Waals surface area (Å²) in [5.41, 5.74) is 4.36. The highest BCUT2D eigenvalue weighted by Crippen LogP contribution is 2.39. The van der Waals surface area contributed by atoms with Crippen LogP contribution in [-0.4, -0.2) is 0 Å². The van der Waals surface area contributed by atoms with Gasteiger partial charge in [0.25, 0.3) is 0 Å². The van der Waals surface area contributed by atoms with Crippen LogP contribution in [0, 0.1) is 0 Å². The van der Waals surface area contributed by atoms with Gasteiger partial charge in [0.2, 0.25) is 0 Å². The molecule has 2 aromatic rings. The van der Waals surface area contributed by atoms with Gasteiger partial charge in [-0.3, -0.25) is 0 Å². The molecule has 0 bridgehead atoms. The van der Waals surface area contributed by atoms with Crippen LogP contribution >= 0.6 is 15.9 Å². The topological polar surface area (TPSA) is 0 Å². The van der Waals surface area contributed by atoms with Crippen molar-refractivity contribution in [2.45, 2.75) is 31.6 Å². The van der Waals surface area contributed by atoms with Crippen molar-refractivity contribution in [1.82, 2.24) is 0 Å². The van der Waals surface area contributed by atoms with E-state index in [4.69, 9.17) is 0 Å². The van der Waals surface area contributed by atoms with Gasteiger partial charge in [-0.05, 0) is 54.4 Å². The van der Waals surface area contributed by atoms with E-state index < -0.39 is 0 Å². The predicted molar refractivity (Wildman–Crippen MR) is 80.0 cm³/mol. The van der Waals surface area contributed by atoms with E-state index >= 15 is 0 Å². The van der Waals surface area contributed by atoms with Gasteiger partial charge in [0.05, 0.1) is 0 Å². The average molecular weight is 301 g/mol. The van der Waals surface area contributed by atoms with E-state index in [0.717, 1.165) is 18.8 Å². The van der Waals surface area contributed by atoms with E-state index in [-0.39, 0.29) is 0 Å². The molecule has 92 valence electrons. The summed E-state index contributed by atoms with van der Waals surface area (Å²) in [5.74, 6) is 0.863. The number of aryl methyl sites for hydroxylation is 2. The van der Waals surface area contributed by atoms with Gasteiger partial charge in [-0.15, -0.1) is 0 Å². The van der Waals surface area contributed by atoms with Crippen molar-refractivity contribution in [3.05, 3.63) is 69.7 Å². The van der Waals surface area contributed by atoms with E-state index in [9.17, 15) is 0 Å². The number of rotatable bonds is 4. The standard InChI is InChI=1S/C17H17Br/c18-17-4-2-1-3-16(17)10-7-13-5-8-14(9-6-13)15-11-12-15/h1-6,8-9,15H,7,10-12H2. The van der Waals surface area contributed by atoms with Gasteiger partial charge in [0.15, 0.2) is 0 Å². The minimum absolute atomic E-state index is 0.863. The zero-order chi connectivity index (χ0) is 12.4. The molecule has 0 unspecified atom stereocenters. The van der Waals surface area contributed by atoms with Crippen molar-refractivity contribution in [3.8, 4) is 0 Å².